The summed E-state index contributed by atoms with van der Waals surface area (Å²) in [4.78, 5) is 27.6. The molecule has 2 amide bonds. The van der Waals surface area contributed by atoms with Crippen molar-refractivity contribution in [3.05, 3.63) is 54.4 Å². The van der Waals surface area contributed by atoms with Crippen molar-refractivity contribution < 1.29 is 14.3 Å². The fourth-order valence-corrected chi connectivity index (χ4v) is 1.91. The zero-order chi connectivity index (χ0) is 16.5. The summed E-state index contributed by atoms with van der Waals surface area (Å²) in [6, 6.07) is 12.5. The van der Waals surface area contributed by atoms with Crippen molar-refractivity contribution in [1.82, 2.24) is 10.3 Å². The standard InChI is InChI=1S/C17H19N3O3/c1-23-15-7-5-13(6-8-15)20-17(22)10-9-16(21)19-12-14-4-2-3-11-18-14/h2-8,11H,9-10,12H2,1H3,(H,19,21)(H,20,22). The minimum atomic E-state index is -0.205. The van der Waals surface area contributed by atoms with Gasteiger partial charge >= 0.3 is 0 Å². The molecule has 0 aliphatic rings. The van der Waals surface area contributed by atoms with Gasteiger partial charge in [-0.25, -0.2) is 0 Å². The van der Waals surface area contributed by atoms with E-state index < -0.39 is 0 Å². The fourth-order valence-electron chi connectivity index (χ4n) is 1.91. The Morgan fingerprint density at radius 1 is 1.04 bits per heavy atom. The second-order valence-corrected chi connectivity index (χ2v) is 4.87. The first-order valence-electron chi connectivity index (χ1n) is 7.28. The fraction of sp³-hybridized carbons (Fsp3) is 0.235. The molecule has 0 saturated heterocycles. The van der Waals surface area contributed by atoms with Crippen LogP contribution >= 0.6 is 0 Å². The Bertz CT molecular complexity index is 642. The lowest BCUT2D eigenvalue weighted by Crippen LogP contribution is -2.24. The number of rotatable bonds is 7. The van der Waals surface area contributed by atoms with Gasteiger partial charge in [0.05, 0.1) is 19.3 Å². The Morgan fingerprint density at radius 3 is 2.43 bits per heavy atom. The maximum atomic E-state index is 11.8. The van der Waals surface area contributed by atoms with E-state index in [0.29, 0.717) is 12.2 Å². The number of methoxy groups -OCH3 is 1. The van der Waals surface area contributed by atoms with Gasteiger partial charge in [0.1, 0.15) is 5.75 Å². The molecule has 1 aromatic heterocycles. The number of carbonyl (C=O) groups excluding carboxylic acids is 2. The van der Waals surface area contributed by atoms with Crippen LogP contribution in [0.4, 0.5) is 5.69 Å². The van der Waals surface area contributed by atoms with Crippen molar-refractivity contribution in [3.8, 4) is 5.75 Å². The second kappa shape index (κ2) is 8.53. The Labute approximate surface area is 134 Å². The van der Waals surface area contributed by atoms with E-state index >= 15 is 0 Å². The van der Waals surface area contributed by atoms with Gasteiger partial charge < -0.3 is 15.4 Å². The zero-order valence-electron chi connectivity index (χ0n) is 12.9. The van der Waals surface area contributed by atoms with Crippen molar-refractivity contribution in [3.63, 3.8) is 0 Å². The summed E-state index contributed by atoms with van der Waals surface area (Å²) < 4.78 is 5.05. The molecule has 6 nitrogen and oxygen atoms in total. The molecule has 2 aromatic rings. The lowest BCUT2D eigenvalue weighted by atomic mass is 10.2. The third-order valence-electron chi connectivity index (χ3n) is 3.15. The summed E-state index contributed by atoms with van der Waals surface area (Å²) in [6.45, 7) is 0.361. The highest BCUT2D eigenvalue weighted by Gasteiger charge is 2.07. The summed E-state index contributed by atoms with van der Waals surface area (Å²) in [5, 5.41) is 5.47. The maximum absolute atomic E-state index is 11.8. The Balaban J connectivity index is 1.69. The summed E-state index contributed by atoms with van der Waals surface area (Å²) in [5.41, 5.74) is 1.45. The number of pyridine rings is 1. The summed E-state index contributed by atoms with van der Waals surface area (Å²) in [6.07, 6.45) is 1.93. The lowest BCUT2D eigenvalue weighted by Gasteiger charge is -2.07. The van der Waals surface area contributed by atoms with Crippen LogP contribution in [0.2, 0.25) is 0 Å². The molecule has 1 heterocycles. The van der Waals surface area contributed by atoms with Gasteiger partial charge in [-0.1, -0.05) is 6.07 Å². The highest BCUT2D eigenvalue weighted by atomic mass is 16.5. The average Bonchev–Trinajstić information content (AvgIpc) is 2.60. The van der Waals surface area contributed by atoms with Crippen LogP contribution in [-0.4, -0.2) is 23.9 Å². The van der Waals surface area contributed by atoms with E-state index in [1.54, 1.807) is 37.6 Å². The van der Waals surface area contributed by atoms with Gasteiger partial charge in [-0.05, 0) is 36.4 Å². The smallest absolute Gasteiger partial charge is 0.224 e. The van der Waals surface area contributed by atoms with Crippen molar-refractivity contribution >= 4 is 17.5 Å². The summed E-state index contributed by atoms with van der Waals surface area (Å²) >= 11 is 0. The molecular weight excluding hydrogens is 294 g/mol. The first kappa shape index (κ1) is 16.5. The van der Waals surface area contributed by atoms with Crippen molar-refractivity contribution in [2.75, 3.05) is 12.4 Å². The molecule has 0 spiro atoms. The molecular formula is C17H19N3O3. The molecule has 6 heteroatoms. The van der Waals surface area contributed by atoms with Crippen LogP contribution in [0.25, 0.3) is 0 Å². The van der Waals surface area contributed by atoms with Gasteiger partial charge in [0.2, 0.25) is 11.8 Å². The molecule has 0 saturated carbocycles. The van der Waals surface area contributed by atoms with Crippen LogP contribution in [0, 0.1) is 0 Å². The number of nitrogens with one attached hydrogen (secondary N) is 2. The van der Waals surface area contributed by atoms with Crippen molar-refractivity contribution in [2.45, 2.75) is 19.4 Å². The number of hydrogen-bond donors (Lipinski definition) is 2. The monoisotopic (exact) mass is 313 g/mol. The van der Waals surface area contributed by atoms with Crippen molar-refractivity contribution in [2.24, 2.45) is 0 Å². The number of hydrogen-bond acceptors (Lipinski definition) is 4. The Hall–Kier alpha value is -2.89. The van der Waals surface area contributed by atoms with Crippen LogP contribution < -0.4 is 15.4 Å². The van der Waals surface area contributed by atoms with E-state index in [-0.39, 0.29) is 24.7 Å². The van der Waals surface area contributed by atoms with Gasteiger partial charge in [0.15, 0.2) is 0 Å². The first-order valence-corrected chi connectivity index (χ1v) is 7.28. The van der Waals surface area contributed by atoms with Crippen molar-refractivity contribution in [1.29, 1.82) is 0 Å². The number of anilines is 1. The third kappa shape index (κ3) is 5.78. The maximum Gasteiger partial charge on any atom is 0.224 e. The number of nitrogens with zero attached hydrogens (tertiary/aromatic N) is 1. The predicted octanol–water partition coefficient (Wildman–Crippen LogP) is 2.13. The van der Waals surface area contributed by atoms with Gasteiger partial charge in [-0.3, -0.25) is 14.6 Å². The number of aromatic nitrogens is 1. The van der Waals surface area contributed by atoms with E-state index in [4.69, 9.17) is 4.74 Å². The molecule has 120 valence electrons. The van der Waals surface area contributed by atoms with Gasteiger partial charge in [-0.15, -0.1) is 0 Å². The average molecular weight is 313 g/mol. The molecule has 0 unspecified atom stereocenters. The second-order valence-electron chi connectivity index (χ2n) is 4.87. The van der Waals surface area contributed by atoms with Crippen LogP contribution in [0.1, 0.15) is 18.5 Å². The van der Waals surface area contributed by atoms with Crippen LogP contribution in [0.3, 0.4) is 0 Å². The molecule has 2 rings (SSSR count). The normalized spacial score (nSPS) is 9.96. The van der Waals surface area contributed by atoms with E-state index in [9.17, 15) is 9.59 Å². The molecule has 0 atom stereocenters. The largest absolute Gasteiger partial charge is 0.497 e. The van der Waals surface area contributed by atoms with E-state index in [0.717, 1.165) is 11.4 Å². The predicted molar refractivity (Wildman–Crippen MR) is 86.9 cm³/mol. The molecule has 2 N–H and O–H groups in total. The number of carbonyl (C=O) groups is 2. The lowest BCUT2D eigenvalue weighted by molar-refractivity contribution is -0.124. The SMILES string of the molecule is COc1ccc(NC(=O)CCC(=O)NCc2ccccn2)cc1. The summed E-state index contributed by atoms with van der Waals surface area (Å²) in [7, 11) is 1.58. The van der Waals surface area contributed by atoms with Gasteiger partial charge in [-0.2, -0.15) is 0 Å². The zero-order valence-corrected chi connectivity index (χ0v) is 12.9. The Morgan fingerprint density at radius 2 is 1.78 bits per heavy atom. The van der Waals surface area contributed by atoms with Gasteiger partial charge in [0.25, 0.3) is 0 Å². The van der Waals surface area contributed by atoms with E-state index in [2.05, 4.69) is 15.6 Å². The highest BCUT2D eigenvalue weighted by molar-refractivity contribution is 5.93. The molecule has 0 radical (unpaired) electrons. The van der Waals surface area contributed by atoms with Crippen LogP contribution in [0.15, 0.2) is 48.7 Å². The molecule has 23 heavy (non-hydrogen) atoms. The summed E-state index contributed by atoms with van der Waals surface area (Å²) in [5.74, 6) is 0.334. The third-order valence-corrected chi connectivity index (χ3v) is 3.15. The highest BCUT2D eigenvalue weighted by Crippen LogP contribution is 2.15. The van der Waals surface area contributed by atoms with Gasteiger partial charge in [0, 0.05) is 24.7 Å². The molecule has 0 bridgehead atoms. The number of ether oxygens (including phenoxy) is 1. The van der Waals surface area contributed by atoms with Crippen LogP contribution in [0.5, 0.6) is 5.75 Å². The quantitative estimate of drug-likeness (QED) is 0.820. The van der Waals surface area contributed by atoms with E-state index in [1.165, 1.54) is 0 Å². The Kier molecular flexibility index (Phi) is 6.11. The minimum Gasteiger partial charge on any atom is -0.497 e. The molecule has 0 aliphatic heterocycles. The first-order chi connectivity index (χ1) is 11.2. The van der Waals surface area contributed by atoms with E-state index in [1.807, 2.05) is 18.2 Å². The molecule has 0 fully saturated rings. The topological polar surface area (TPSA) is 80.3 Å². The van der Waals surface area contributed by atoms with Crippen LogP contribution in [-0.2, 0) is 16.1 Å². The molecule has 1 aromatic carbocycles. The minimum absolute atomic E-state index is 0.125. The number of benzene rings is 1. The number of amides is 2. The molecule has 0 aliphatic carbocycles.